The molecule has 0 spiro atoms. The van der Waals surface area contributed by atoms with Crippen LogP contribution < -0.4 is 5.32 Å². The van der Waals surface area contributed by atoms with Gasteiger partial charge in [0.25, 0.3) is 5.91 Å². The van der Waals surface area contributed by atoms with Gasteiger partial charge in [0.05, 0.1) is 18.3 Å². The molecule has 4 aliphatic heterocycles. The summed E-state index contributed by atoms with van der Waals surface area (Å²) in [6.45, 7) is 8.30. The number of carbonyl (C=O) groups excluding carboxylic acids is 1. The Morgan fingerprint density at radius 2 is 2.00 bits per heavy atom. The Balaban J connectivity index is 1.24. The van der Waals surface area contributed by atoms with Crippen molar-refractivity contribution in [3.8, 4) is 22.6 Å². The van der Waals surface area contributed by atoms with Gasteiger partial charge in [0, 0.05) is 49.1 Å². The lowest BCUT2D eigenvalue weighted by atomic mass is 9.84. The monoisotopic (exact) mass is 612 g/mol. The average Bonchev–Trinajstić information content (AvgIpc) is 3.70. The van der Waals surface area contributed by atoms with Crippen molar-refractivity contribution >= 4 is 22.9 Å². The van der Waals surface area contributed by atoms with Gasteiger partial charge in [0.15, 0.2) is 12.1 Å². The van der Waals surface area contributed by atoms with E-state index in [1.54, 1.807) is 12.4 Å². The number of nitrogens with one attached hydrogen (secondary N) is 2. The second-order valence-corrected chi connectivity index (χ2v) is 12.5. The zero-order valence-electron chi connectivity index (χ0n) is 25.8. The van der Waals surface area contributed by atoms with Crippen molar-refractivity contribution in [1.82, 2.24) is 39.8 Å². The highest BCUT2D eigenvalue weighted by atomic mass is 16.5. The molecule has 2 bridgehead atoms. The quantitative estimate of drug-likeness (QED) is 0.257. The maximum atomic E-state index is 13.3. The first kappa shape index (κ1) is 29.4. The van der Waals surface area contributed by atoms with Crippen LogP contribution in [0.25, 0.3) is 33.5 Å². The molecule has 2 atom stereocenters. The number of fused-ring (bicyclic) bond motifs is 4. The number of carboxylic acid groups (broad SMARTS) is 1. The molecule has 0 saturated carbocycles. The van der Waals surface area contributed by atoms with Crippen LogP contribution in [0, 0.1) is 12.8 Å². The summed E-state index contributed by atoms with van der Waals surface area (Å²) in [7, 11) is 0. The van der Waals surface area contributed by atoms with Crippen LogP contribution in [0.15, 0.2) is 36.8 Å². The predicted octanol–water partition coefficient (Wildman–Crippen LogP) is 4.82. The molecular weight excluding hydrogens is 572 g/mol. The van der Waals surface area contributed by atoms with E-state index in [1.165, 1.54) is 4.90 Å². The molecule has 3 aromatic heterocycles. The number of nitrogens with zero attached hydrogens (tertiary/aromatic N) is 6. The first-order chi connectivity index (χ1) is 21.9. The fraction of sp³-hybridized carbons (Fsp3) is 0.485. The Labute approximate surface area is 261 Å². The number of hydrogen-bond acceptors (Lipinski definition) is 7. The fourth-order valence-electron chi connectivity index (χ4n) is 7.09. The zero-order chi connectivity index (χ0) is 31.1. The number of pyridine rings is 1. The van der Waals surface area contributed by atoms with E-state index < -0.39 is 6.09 Å². The highest BCUT2D eigenvalue weighted by Crippen LogP contribution is 2.36. The molecule has 12 nitrogen and oxygen atoms in total. The standard InChI is InChI=1S/C33H40N8O4/c1-3-40(33(43)44)18-23-15-34-16-25(20(23)2)22-7-8-28-24(14-22)30(38-41(28)29-6-4-5-13-45-29)31-35-17-26(36-31)32(42)37-27-19-39-11-9-21(27)10-12-39/h7-8,14-17,21,27,29H,3-6,9-13,18-19H2,1-2H3,(H,35,36)(H,37,42)(H,43,44)/t27-,29?/m1/s1. The normalized spacial score (nSPS) is 22.9. The van der Waals surface area contributed by atoms with Gasteiger partial charge in [-0.15, -0.1) is 0 Å². The van der Waals surface area contributed by atoms with Crippen molar-refractivity contribution in [3.05, 3.63) is 53.6 Å². The van der Waals surface area contributed by atoms with E-state index in [2.05, 4.69) is 31.2 Å². The summed E-state index contributed by atoms with van der Waals surface area (Å²) in [5.41, 5.74) is 5.66. The Morgan fingerprint density at radius 1 is 1.16 bits per heavy atom. The Morgan fingerprint density at radius 3 is 2.71 bits per heavy atom. The molecule has 236 valence electrons. The van der Waals surface area contributed by atoms with Gasteiger partial charge >= 0.3 is 6.09 Å². The number of ether oxygens (including phenoxy) is 1. The summed E-state index contributed by atoms with van der Waals surface area (Å²) in [6, 6.07) is 6.33. The molecule has 2 amide bonds. The molecule has 4 aromatic rings. The lowest BCUT2D eigenvalue weighted by Crippen LogP contribution is -2.57. The van der Waals surface area contributed by atoms with Crippen LogP contribution >= 0.6 is 0 Å². The van der Waals surface area contributed by atoms with Crippen LogP contribution in [0.2, 0.25) is 0 Å². The van der Waals surface area contributed by atoms with E-state index in [0.717, 1.165) is 84.9 Å². The van der Waals surface area contributed by atoms with E-state index in [9.17, 15) is 14.7 Å². The van der Waals surface area contributed by atoms with E-state index in [-0.39, 0.29) is 24.7 Å². The predicted molar refractivity (Wildman–Crippen MR) is 169 cm³/mol. The van der Waals surface area contributed by atoms with Crippen molar-refractivity contribution in [2.75, 3.05) is 32.8 Å². The summed E-state index contributed by atoms with van der Waals surface area (Å²) in [5, 5.41) is 18.7. The maximum absolute atomic E-state index is 13.3. The van der Waals surface area contributed by atoms with Gasteiger partial charge in [-0.25, -0.2) is 14.5 Å². The molecule has 3 N–H and O–H groups in total. The highest BCUT2D eigenvalue weighted by Gasteiger charge is 2.35. The Bertz CT molecular complexity index is 1720. The summed E-state index contributed by atoms with van der Waals surface area (Å²) in [5.74, 6) is 0.906. The van der Waals surface area contributed by atoms with Crippen molar-refractivity contribution < 1.29 is 19.4 Å². The summed E-state index contributed by atoms with van der Waals surface area (Å²) in [4.78, 5) is 41.1. The number of hydrogen-bond donors (Lipinski definition) is 3. The number of piperidine rings is 3. The molecule has 0 radical (unpaired) electrons. The van der Waals surface area contributed by atoms with Gasteiger partial charge in [0.1, 0.15) is 11.4 Å². The van der Waals surface area contributed by atoms with Crippen LogP contribution in [-0.2, 0) is 11.3 Å². The number of carbonyl (C=O) groups is 2. The van der Waals surface area contributed by atoms with Gasteiger partial charge in [-0.2, -0.15) is 5.10 Å². The van der Waals surface area contributed by atoms with Crippen LogP contribution in [0.4, 0.5) is 4.79 Å². The molecule has 4 aliphatic rings. The molecule has 12 heteroatoms. The number of imidazole rings is 1. The molecule has 4 saturated heterocycles. The number of rotatable bonds is 8. The number of aromatic amines is 1. The smallest absolute Gasteiger partial charge is 0.407 e. The second kappa shape index (κ2) is 12.2. The number of benzene rings is 1. The summed E-state index contributed by atoms with van der Waals surface area (Å²) < 4.78 is 8.07. The fourth-order valence-corrected chi connectivity index (χ4v) is 7.09. The minimum atomic E-state index is -0.957. The van der Waals surface area contributed by atoms with Gasteiger partial charge < -0.3 is 29.9 Å². The minimum Gasteiger partial charge on any atom is -0.465 e. The third-order valence-electron chi connectivity index (χ3n) is 9.80. The molecule has 0 aliphatic carbocycles. The van der Waals surface area contributed by atoms with Gasteiger partial charge in [0.2, 0.25) is 0 Å². The summed E-state index contributed by atoms with van der Waals surface area (Å²) >= 11 is 0. The van der Waals surface area contributed by atoms with Crippen molar-refractivity contribution in [2.45, 2.75) is 64.8 Å². The van der Waals surface area contributed by atoms with Crippen LogP contribution in [0.1, 0.15) is 66.9 Å². The highest BCUT2D eigenvalue weighted by molar-refractivity contribution is 5.97. The lowest BCUT2D eigenvalue weighted by Gasteiger charge is -2.44. The molecule has 4 fully saturated rings. The molecule has 45 heavy (non-hydrogen) atoms. The van der Waals surface area contributed by atoms with Crippen molar-refractivity contribution in [1.29, 1.82) is 0 Å². The molecule has 1 unspecified atom stereocenters. The third-order valence-corrected chi connectivity index (χ3v) is 9.80. The van der Waals surface area contributed by atoms with E-state index in [1.807, 2.05) is 36.9 Å². The van der Waals surface area contributed by atoms with E-state index >= 15 is 0 Å². The third kappa shape index (κ3) is 5.68. The SMILES string of the molecule is CCN(Cc1cncc(-c2ccc3c(c2)c(-c2ncc(C(=O)N[C@@H]4CN5CCC4CC5)[nH]2)nn3C2CCCCO2)c1C)C(=O)O. The van der Waals surface area contributed by atoms with Crippen molar-refractivity contribution in [3.63, 3.8) is 0 Å². The first-order valence-electron chi connectivity index (χ1n) is 16.0. The minimum absolute atomic E-state index is 0.145. The number of H-pyrrole nitrogens is 1. The maximum Gasteiger partial charge on any atom is 0.407 e. The first-order valence-corrected chi connectivity index (χ1v) is 16.0. The Kier molecular flexibility index (Phi) is 8.01. The topological polar surface area (TPSA) is 142 Å². The second-order valence-electron chi connectivity index (χ2n) is 12.5. The van der Waals surface area contributed by atoms with Gasteiger partial charge in [-0.05, 0) is 93.8 Å². The largest absolute Gasteiger partial charge is 0.465 e. The van der Waals surface area contributed by atoms with Gasteiger partial charge in [-0.3, -0.25) is 9.78 Å². The lowest BCUT2D eigenvalue weighted by molar-refractivity contribution is -0.0365. The van der Waals surface area contributed by atoms with Crippen LogP contribution in [0.5, 0.6) is 0 Å². The molecule has 1 aromatic carbocycles. The van der Waals surface area contributed by atoms with Crippen molar-refractivity contribution in [2.24, 2.45) is 5.92 Å². The Hall–Kier alpha value is -4.29. The van der Waals surface area contributed by atoms with Gasteiger partial charge in [-0.1, -0.05) is 6.07 Å². The molecule has 8 rings (SSSR count). The molecule has 7 heterocycles. The number of amides is 2. The summed E-state index contributed by atoms with van der Waals surface area (Å²) in [6.07, 6.45) is 9.22. The zero-order valence-corrected chi connectivity index (χ0v) is 25.8. The van der Waals surface area contributed by atoms with Crippen LogP contribution in [0.3, 0.4) is 0 Å². The van der Waals surface area contributed by atoms with E-state index in [0.29, 0.717) is 36.3 Å². The number of aromatic nitrogens is 5. The molecular formula is C33H40N8O4. The average molecular weight is 613 g/mol. The van der Waals surface area contributed by atoms with E-state index in [4.69, 9.17) is 9.84 Å². The van der Waals surface area contributed by atoms with Crippen LogP contribution in [-0.4, -0.2) is 90.5 Å².